The number of methoxy groups -OCH3 is 1. The molecule has 0 aliphatic heterocycles. The molecule has 0 spiro atoms. The van der Waals surface area contributed by atoms with Gasteiger partial charge >= 0.3 is 5.97 Å². The Morgan fingerprint density at radius 2 is 2.09 bits per heavy atom. The maximum atomic E-state index is 12.3. The van der Waals surface area contributed by atoms with Crippen LogP contribution in [0.5, 0.6) is 5.75 Å². The van der Waals surface area contributed by atoms with Crippen molar-refractivity contribution in [1.29, 1.82) is 0 Å². The van der Waals surface area contributed by atoms with E-state index in [4.69, 9.17) is 25.8 Å². The standard InChI is InChI=1S/C25H33ClN2O5/c1-6-32-24(30)19-15-28(11-9-20(19)29)22-17(8-10-25(22,3)4)18-14-21(23(26)27-16(18)2)33-13-7-12-31-5/h9,11,14-15,17,22H,6-8,10,12-13H2,1-5H3. The highest BCUT2D eigenvalue weighted by Crippen LogP contribution is 2.54. The highest BCUT2D eigenvalue weighted by molar-refractivity contribution is 6.30. The van der Waals surface area contributed by atoms with Crippen molar-refractivity contribution in [3.8, 4) is 5.75 Å². The minimum atomic E-state index is -0.597. The lowest BCUT2D eigenvalue weighted by molar-refractivity contribution is 0.0523. The third-order valence-electron chi connectivity index (χ3n) is 6.36. The predicted molar refractivity (Wildman–Crippen MR) is 127 cm³/mol. The zero-order valence-electron chi connectivity index (χ0n) is 20.0. The quantitative estimate of drug-likeness (QED) is 0.289. The first-order valence-corrected chi connectivity index (χ1v) is 11.7. The van der Waals surface area contributed by atoms with Crippen molar-refractivity contribution in [2.45, 2.75) is 58.9 Å². The van der Waals surface area contributed by atoms with Gasteiger partial charge in [-0.25, -0.2) is 9.78 Å². The molecule has 0 radical (unpaired) electrons. The first kappa shape index (κ1) is 25.2. The summed E-state index contributed by atoms with van der Waals surface area (Å²) in [6, 6.07) is 3.44. The molecule has 2 atom stereocenters. The van der Waals surface area contributed by atoms with Gasteiger partial charge in [-0.05, 0) is 43.7 Å². The number of pyridine rings is 2. The van der Waals surface area contributed by atoms with E-state index in [1.807, 2.05) is 17.6 Å². The van der Waals surface area contributed by atoms with Crippen LogP contribution < -0.4 is 10.2 Å². The summed E-state index contributed by atoms with van der Waals surface area (Å²) in [6.07, 6.45) is 6.06. The van der Waals surface area contributed by atoms with Crippen molar-refractivity contribution in [1.82, 2.24) is 9.55 Å². The van der Waals surface area contributed by atoms with Gasteiger partial charge in [0.05, 0.1) is 13.2 Å². The molecule has 1 aliphatic rings. The lowest BCUT2D eigenvalue weighted by atomic mass is 9.82. The maximum absolute atomic E-state index is 12.3. The zero-order valence-corrected chi connectivity index (χ0v) is 20.8. The van der Waals surface area contributed by atoms with Crippen molar-refractivity contribution in [3.05, 3.63) is 56.7 Å². The summed E-state index contributed by atoms with van der Waals surface area (Å²) in [4.78, 5) is 29.2. The molecule has 0 N–H and O–H groups in total. The Morgan fingerprint density at radius 1 is 1.33 bits per heavy atom. The van der Waals surface area contributed by atoms with Gasteiger partial charge in [-0.2, -0.15) is 0 Å². The van der Waals surface area contributed by atoms with Gasteiger partial charge in [-0.3, -0.25) is 4.79 Å². The molecular formula is C25H33ClN2O5. The maximum Gasteiger partial charge on any atom is 0.343 e. The van der Waals surface area contributed by atoms with Crippen LogP contribution in [0.3, 0.4) is 0 Å². The monoisotopic (exact) mass is 476 g/mol. The van der Waals surface area contributed by atoms with Crippen molar-refractivity contribution >= 4 is 17.6 Å². The Bertz CT molecular complexity index is 1050. The Labute approximate surface area is 200 Å². The fraction of sp³-hybridized carbons (Fsp3) is 0.560. The molecule has 2 heterocycles. The van der Waals surface area contributed by atoms with Gasteiger partial charge in [0.25, 0.3) is 0 Å². The third-order valence-corrected chi connectivity index (χ3v) is 6.63. The first-order valence-electron chi connectivity index (χ1n) is 11.4. The van der Waals surface area contributed by atoms with Crippen LogP contribution >= 0.6 is 11.6 Å². The van der Waals surface area contributed by atoms with Crippen LogP contribution in [0.15, 0.2) is 29.3 Å². The zero-order chi connectivity index (χ0) is 24.2. The molecule has 0 saturated heterocycles. The van der Waals surface area contributed by atoms with Gasteiger partial charge in [-0.1, -0.05) is 25.4 Å². The van der Waals surface area contributed by atoms with Crippen LogP contribution in [0.1, 0.15) is 73.6 Å². The number of carbonyl (C=O) groups is 1. The Kier molecular flexibility index (Phi) is 8.19. The van der Waals surface area contributed by atoms with E-state index in [-0.39, 0.29) is 35.0 Å². The van der Waals surface area contributed by atoms with Gasteiger partial charge < -0.3 is 18.8 Å². The number of halogens is 1. The molecule has 1 saturated carbocycles. The van der Waals surface area contributed by atoms with Crippen LogP contribution in [0.25, 0.3) is 0 Å². The van der Waals surface area contributed by atoms with Gasteiger partial charge in [0.1, 0.15) is 5.56 Å². The van der Waals surface area contributed by atoms with Crippen LogP contribution in [0.2, 0.25) is 5.15 Å². The molecule has 33 heavy (non-hydrogen) atoms. The molecule has 180 valence electrons. The summed E-state index contributed by atoms with van der Waals surface area (Å²) >= 11 is 6.37. The van der Waals surface area contributed by atoms with E-state index in [2.05, 4.69) is 18.8 Å². The Hall–Kier alpha value is -2.38. The van der Waals surface area contributed by atoms with E-state index in [1.54, 1.807) is 26.4 Å². The van der Waals surface area contributed by atoms with Gasteiger partial charge in [-0.15, -0.1) is 0 Å². The molecule has 0 bridgehead atoms. The number of carbonyl (C=O) groups excluding carboxylic acids is 1. The summed E-state index contributed by atoms with van der Waals surface area (Å²) in [5.74, 6) is 0.0767. The molecule has 3 rings (SSSR count). The van der Waals surface area contributed by atoms with E-state index in [1.165, 1.54) is 6.07 Å². The second kappa shape index (κ2) is 10.7. The summed E-state index contributed by atoms with van der Waals surface area (Å²) < 4.78 is 18.1. The first-order chi connectivity index (χ1) is 15.7. The normalized spacial score (nSPS) is 19.5. The fourth-order valence-electron chi connectivity index (χ4n) is 4.78. The number of hydrogen-bond donors (Lipinski definition) is 0. The molecule has 1 fully saturated rings. The second-order valence-corrected chi connectivity index (χ2v) is 9.47. The average molecular weight is 477 g/mol. The van der Waals surface area contributed by atoms with E-state index >= 15 is 0 Å². The highest BCUT2D eigenvalue weighted by Gasteiger charge is 2.44. The van der Waals surface area contributed by atoms with Crippen molar-refractivity contribution in [2.75, 3.05) is 26.9 Å². The summed E-state index contributed by atoms with van der Waals surface area (Å²) in [7, 11) is 1.66. The Balaban J connectivity index is 1.99. The Morgan fingerprint density at radius 3 is 2.79 bits per heavy atom. The van der Waals surface area contributed by atoms with Crippen molar-refractivity contribution < 1.29 is 19.0 Å². The van der Waals surface area contributed by atoms with E-state index in [9.17, 15) is 9.59 Å². The van der Waals surface area contributed by atoms with Gasteiger partial charge in [0, 0.05) is 56.3 Å². The number of rotatable bonds is 9. The molecule has 0 aromatic carbocycles. The third kappa shape index (κ3) is 5.58. The average Bonchev–Trinajstić information content (AvgIpc) is 3.08. The van der Waals surface area contributed by atoms with Gasteiger partial charge in [0.15, 0.2) is 16.3 Å². The lowest BCUT2D eigenvalue weighted by Gasteiger charge is -2.34. The topological polar surface area (TPSA) is 79.7 Å². The predicted octanol–water partition coefficient (Wildman–Crippen LogP) is 4.94. The SMILES string of the molecule is CCOC(=O)c1cn(C2C(c3cc(OCCCOC)c(Cl)nc3C)CCC2(C)C)ccc1=O. The van der Waals surface area contributed by atoms with E-state index < -0.39 is 5.97 Å². The number of aromatic nitrogens is 2. The molecule has 2 aromatic rings. The molecule has 2 unspecified atom stereocenters. The molecule has 2 aromatic heterocycles. The molecule has 7 nitrogen and oxygen atoms in total. The van der Waals surface area contributed by atoms with E-state index in [0.717, 1.165) is 30.5 Å². The number of hydrogen-bond acceptors (Lipinski definition) is 6. The summed E-state index contributed by atoms with van der Waals surface area (Å²) in [5, 5.41) is 0.343. The van der Waals surface area contributed by atoms with Crippen LogP contribution in [-0.4, -0.2) is 42.5 Å². The second-order valence-electron chi connectivity index (χ2n) is 9.12. The fourth-order valence-corrected chi connectivity index (χ4v) is 5.02. The summed E-state index contributed by atoms with van der Waals surface area (Å²) in [5.41, 5.74) is 1.55. The minimum absolute atomic E-state index is 0.00861. The van der Waals surface area contributed by atoms with E-state index in [0.29, 0.717) is 24.1 Å². The minimum Gasteiger partial charge on any atom is -0.490 e. The number of esters is 1. The smallest absolute Gasteiger partial charge is 0.343 e. The van der Waals surface area contributed by atoms with Crippen LogP contribution in [-0.2, 0) is 9.47 Å². The van der Waals surface area contributed by atoms with Crippen molar-refractivity contribution in [3.63, 3.8) is 0 Å². The number of ether oxygens (including phenoxy) is 3. The van der Waals surface area contributed by atoms with Crippen LogP contribution in [0.4, 0.5) is 0 Å². The van der Waals surface area contributed by atoms with Crippen molar-refractivity contribution in [2.24, 2.45) is 5.41 Å². The molecule has 1 aliphatic carbocycles. The van der Waals surface area contributed by atoms with Gasteiger partial charge in [0.2, 0.25) is 0 Å². The lowest BCUT2D eigenvalue weighted by Crippen LogP contribution is -2.28. The largest absolute Gasteiger partial charge is 0.490 e. The summed E-state index contributed by atoms with van der Waals surface area (Å²) in [6.45, 7) is 9.40. The molecule has 0 amide bonds. The highest BCUT2D eigenvalue weighted by atomic mass is 35.5. The number of aryl methyl sites for hydroxylation is 1. The molecular weight excluding hydrogens is 444 g/mol. The number of nitrogens with zero attached hydrogens (tertiary/aromatic N) is 2. The van der Waals surface area contributed by atoms with Crippen LogP contribution in [0, 0.1) is 12.3 Å². The molecule has 8 heteroatoms.